The molecule has 0 saturated heterocycles. The Morgan fingerprint density at radius 1 is 0.317 bits per heavy atom. The normalized spacial score (nSPS) is 11.6. The number of rotatable bonds is 46. The summed E-state index contributed by atoms with van der Waals surface area (Å²) in [6.07, 6.45) is 47.1. The van der Waals surface area contributed by atoms with Gasteiger partial charge in [-0.25, -0.2) is 9.59 Å². The van der Waals surface area contributed by atoms with Crippen molar-refractivity contribution in [2.45, 2.75) is 259 Å². The maximum Gasteiger partial charge on any atom is 0.339 e. The zero-order chi connectivity index (χ0) is 43.4. The van der Waals surface area contributed by atoms with Gasteiger partial charge in [0.25, 0.3) is 0 Å². The molecule has 0 atom stereocenters. The first kappa shape index (κ1) is 56.1. The van der Waals surface area contributed by atoms with Gasteiger partial charge in [0.15, 0.2) is 0 Å². The molecule has 1 rings (SSSR count). The Morgan fingerprint density at radius 2 is 0.500 bits per heavy atom. The second-order valence-electron chi connectivity index (χ2n) is 18.2. The van der Waals surface area contributed by atoms with Crippen LogP contribution in [0, 0.1) is 0 Å². The average Bonchev–Trinajstić information content (AvgIpc) is 3.26. The van der Waals surface area contributed by atoms with E-state index in [4.69, 9.17) is 9.47 Å². The van der Waals surface area contributed by atoms with Gasteiger partial charge in [-0.1, -0.05) is 233 Å². The monoisotopic (exact) mass is 841 g/mol. The van der Waals surface area contributed by atoms with Crippen molar-refractivity contribution in [3.05, 3.63) is 35.4 Å². The largest absolute Gasteiger partial charge is 0.446 e. The van der Waals surface area contributed by atoms with E-state index in [1.54, 1.807) is 24.3 Å². The van der Waals surface area contributed by atoms with E-state index in [1.807, 2.05) is 0 Å². The van der Waals surface area contributed by atoms with Crippen molar-refractivity contribution in [3.63, 3.8) is 0 Å². The topological polar surface area (TPSA) is 59.1 Å². The van der Waals surface area contributed by atoms with Crippen LogP contribution in [0.4, 0.5) is 0 Å². The number of benzene rings is 1. The van der Waals surface area contributed by atoms with Gasteiger partial charge in [0, 0.05) is 26.2 Å². The van der Waals surface area contributed by atoms with Crippen molar-refractivity contribution in [3.8, 4) is 0 Å². The summed E-state index contributed by atoms with van der Waals surface area (Å²) in [7, 11) is 0. The van der Waals surface area contributed by atoms with E-state index in [-0.39, 0.29) is 11.9 Å². The molecule has 0 amide bonds. The summed E-state index contributed by atoms with van der Waals surface area (Å²) in [5, 5.41) is 0. The van der Waals surface area contributed by atoms with Crippen molar-refractivity contribution in [2.24, 2.45) is 0 Å². The minimum absolute atomic E-state index is 0.324. The van der Waals surface area contributed by atoms with Crippen LogP contribution in [-0.4, -0.2) is 61.4 Å². The highest BCUT2D eigenvalue weighted by molar-refractivity contribution is 5.93. The molecule has 0 aliphatic heterocycles. The Labute approximate surface area is 373 Å². The fourth-order valence-electron chi connectivity index (χ4n) is 8.27. The number of carbonyl (C=O) groups is 2. The molecular formula is C54H100N2O4. The molecule has 0 aromatic heterocycles. The molecule has 0 heterocycles. The lowest BCUT2D eigenvalue weighted by Crippen LogP contribution is -2.30. The van der Waals surface area contributed by atoms with Crippen LogP contribution < -0.4 is 0 Å². The molecule has 1 aromatic rings. The van der Waals surface area contributed by atoms with Crippen LogP contribution in [0.3, 0.4) is 0 Å². The third-order valence-electron chi connectivity index (χ3n) is 12.4. The highest BCUT2D eigenvalue weighted by Gasteiger charge is 2.15. The first-order valence-corrected chi connectivity index (χ1v) is 26.4. The highest BCUT2D eigenvalue weighted by Crippen LogP contribution is 2.16. The molecule has 0 saturated carbocycles. The van der Waals surface area contributed by atoms with E-state index in [0.717, 1.165) is 51.9 Å². The van der Waals surface area contributed by atoms with Crippen LogP contribution in [0.25, 0.3) is 0 Å². The Morgan fingerprint density at radius 3 is 0.700 bits per heavy atom. The highest BCUT2D eigenvalue weighted by atomic mass is 16.5. The fraction of sp³-hybridized carbons (Fsp3) is 0.852. The molecule has 1 aromatic carbocycles. The molecule has 0 aliphatic rings. The SMILES string of the molecule is CCCCCCCCCCCN(CCCCCCCCCCC)COC(=O)c1ccc(C(=O)OCN(CCCCCCCCCCC)CCCCCCCCCCC)cc1. The van der Waals surface area contributed by atoms with Crippen molar-refractivity contribution >= 4 is 11.9 Å². The van der Waals surface area contributed by atoms with Crippen LogP contribution in [0.1, 0.15) is 280 Å². The number of ether oxygens (including phenoxy) is 2. The summed E-state index contributed by atoms with van der Waals surface area (Å²) in [5.41, 5.74) is 0.963. The lowest BCUT2D eigenvalue weighted by Gasteiger charge is -2.22. The first-order valence-electron chi connectivity index (χ1n) is 26.4. The van der Waals surface area contributed by atoms with E-state index in [0.29, 0.717) is 24.6 Å². The lowest BCUT2D eigenvalue weighted by molar-refractivity contribution is 0.0195. The summed E-state index contributed by atoms with van der Waals surface area (Å²) in [4.78, 5) is 31.0. The number of hydrogen-bond donors (Lipinski definition) is 0. The maximum absolute atomic E-state index is 13.2. The Balaban J connectivity index is 2.59. The van der Waals surface area contributed by atoms with Gasteiger partial charge in [0.05, 0.1) is 11.1 Å². The molecular weight excluding hydrogens is 741 g/mol. The summed E-state index contributed by atoms with van der Waals surface area (Å²) >= 11 is 0. The van der Waals surface area contributed by atoms with Gasteiger partial charge >= 0.3 is 11.9 Å². The number of carbonyl (C=O) groups excluding carboxylic acids is 2. The van der Waals surface area contributed by atoms with Crippen LogP contribution >= 0.6 is 0 Å². The van der Waals surface area contributed by atoms with E-state index < -0.39 is 0 Å². The number of hydrogen-bond acceptors (Lipinski definition) is 6. The molecule has 0 unspecified atom stereocenters. The molecule has 6 nitrogen and oxygen atoms in total. The van der Waals surface area contributed by atoms with Gasteiger partial charge in [-0.05, 0) is 49.9 Å². The van der Waals surface area contributed by atoms with Gasteiger partial charge in [-0.15, -0.1) is 0 Å². The summed E-state index contributed by atoms with van der Waals surface area (Å²) in [6.45, 7) is 13.6. The first-order chi connectivity index (χ1) is 29.5. The van der Waals surface area contributed by atoms with Crippen molar-refractivity contribution in [1.82, 2.24) is 9.80 Å². The molecule has 6 heteroatoms. The van der Waals surface area contributed by atoms with E-state index >= 15 is 0 Å². The Bertz CT molecular complexity index is 935. The van der Waals surface area contributed by atoms with Crippen LogP contribution in [0.2, 0.25) is 0 Å². The molecule has 0 bridgehead atoms. The van der Waals surface area contributed by atoms with Crippen molar-refractivity contribution in [2.75, 3.05) is 39.6 Å². The van der Waals surface area contributed by atoms with Gasteiger partial charge in [-0.2, -0.15) is 0 Å². The van der Waals surface area contributed by atoms with Crippen LogP contribution in [-0.2, 0) is 9.47 Å². The predicted molar refractivity (Wildman–Crippen MR) is 259 cm³/mol. The Kier molecular flexibility index (Phi) is 40.9. The van der Waals surface area contributed by atoms with Gasteiger partial charge in [0.1, 0.15) is 13.5 Å². The molecule has 0 aliphatic carbocycles. The number of esters is 2. The maximum atomic E-state index is 13.2. The van der Waals surface area contributed by atoms with Crippen LogP contribution in [0.5, 0.6) is 0 Å². The van der Waals surface area contributed by atoms with Crippen molar-refractivity contribution < 1.29 is 19.1 Å². The van der Waals surface area contributed by atoms with Gasteiger partial charge in [0.2, 0.25) is 0 Å². The molecule has 0 N–H and O–H groups in total. The quantitative estimate of drug-likeness (QED) is 0.0370. The summed E-state index contributed by atoms with van der Waals surface area (Å²) in [5.74, 6) is -0.653. The molecule has 0 spiro atoms. The standard InChI is InChI=1S/C54H100N2O4/c1-5-9-13-17-21-25-29-33-37-45-55(46-38-34-30-26-22-18-14-10-6-2)49-59-53(57)51-41-43-52(44-42-51)54(58)60-50-56(47-39-35-31-27-23-19-15-11-7-3)48-40-36-32-28-24-20-16-12-8-4/h41-44H,5-40,45-50H2,1-4H3. The van der Waals surface area contributed by atoms with Crippen molar-refractivity contribution in [1.29, 1.82) is 0 Å². The minimum Gasteiger partial charge on any atom is -0.446 e. The van der Waals surface area contributed by atoms with E-state index in [1.165, 1.54) is 205 Å². The molecule has 60 heavy (non-hydrogen) atoms. The smallest absolute Gasteiger partial charge is 0.339 e. The van der Waals surface area contributed by atoms with E-state index in [2.05, 4.69) is 37.5 Å². The minimum atomic E-state index is -0.327. The average molecular weight is 841 g/mol. The van der Waals surface area contributed by atoms with E-state index in [9.17, 15) is 9.59 Å². The third kappa shape index (κ3) is 34.6. The number of unbranched alkanes of at least 4 members (excludes halogenated alkanes) is 32. The van der Waals surface area contributed by atoms with Gasteiger partial charge < -0.3 is 9.47 Å². The zero-order valence-corrected chi connectivity index (χ0v) is 40.5. The summed E-state index contributed by atoms with van der Waals surface area (Å²) < 4.78 is 11.7. The number of nitrogens with zero attached hydrogens (tertiary/aromatic N) is 2. The lowest BCUT2D eigenvalue weighted by atomic mass is 10.1. The third-order valence-corrected chi connectivity index (χ3v) is 12.4. The summed E-state index contributed by atoms with van der Waals surface area (Å²) in [6, 6.07) is 6.86. The molecule has 0 radical (unpaired) electrons. The van der Waals surface area contributed by atoms with Gasteiger partial charge in [-0.3, -0.25) is 9.80 Å². The zero-order valence-electron chi connectivity index (χ0n) is 40.5. The molecule has 350 valence electrons. The predicted octanol–water partition coefficient (Wildman–Crippen LogP) is 16.6. The van der Waals surface area contributed by atoms with Crippen LogP contribution in [0.15, 0.2) is 24.3 Å². The second kappa shape index (κ2) is 43.7. The Hall–Kier alpha value is -1.92. The molecule has 0 fully saturated rings. The second-order valence-corrected chi connectivity index (χ2v) is 18.2. The fourth-order valence-corrected chi connectivity index (χ4v) is 8.27.